The van der Waals surface area contributed by atoms with Gasteiger partial charge in [0.1, 0.15) is 25.1 Å². The van der Waals surface area contributed by atoms with Crippen molar-refractivity contribution in [2.45, 2.75) is 91.7 Å². The van der Waals surface area contributed by atoms with Crippen LogP contribution >= 0.6 is 0 Å². The van der Waals surface area contributed by atoms with Crippen LogP contribution in [0.5, 0.6) is 5.75 Å². The highest BCUT2D eigenvalue weighted by Crippen LogP contribution is 2.33. The Morgan fingerprint density at radius 3 is 1.73 bits per heavy atom. The molecule has 5 atom stereocenters. The molecule has 48 heavy (non-hydrogen) atoms. The molecule has 1 aliphatic rings. The van der Waals surface area contributed by atoms with Crippen LogP contribution in [0.3, 0.4) is 0 Å². The molecular formula is C34H40O14. The minimum absolute atomic E-state index is 0.0679. The molecule has 0 aliphatic carbocycles. The molecule has 3 rings (SSSR count). The molecule has 0 radical (unpaired) electrons. The highest BCUT2D eigenvalue weighted by molar-refractivity contribution is 5.69. The fourth-order valence-corrected chi connectivity index (χ4v) is 4.89. The average Bonchev–Trinajstić information content (AvgIpc) is 2.99. The zero-order valence-corrected chi connectivity index (χ0v) is 27.7. The lowest BCUT2D eigenvalue weighted by Gasteiger charge is -2.44. The summed E-state index contributed by atoms with van der Waals surface area (Å²) in [7, 11) is 0. The summed E-state index contributed by atoms with van der Waals surface area (Å²) in [6.45, 7) is 6.96. The molecule has 260 valence electrons. The zero-order valence-electron chi connectivity index (χ0n) is 27.7. The van der Waals surface area contributed by atoms with Crippen LogP contribution < -0.4 is 4.74 Å². The maximum absolute atomic E-state index is 12.3. The van der Waals surface area contributed by atoms with E-state index in [1.54, 1.807) is 18.2 Å². The number of carbonyl (C=O) groups excluding carboxylic acids is 6. The number of benzene rings is 2. The summed E-state index contributed by atoms with van der Waals surface area (Å²) in [5.74, 6) is -3.55. The standard InChI is InChI=1S/C34H40O14/c1-19(35)41-14-13-25-7-9-26(10-8-25)15-28-12-11-27(17-42-20(2)36)16-29(28)47-34-33(46-24(6)40)32(45-23(5)39)31(44-22(4)38)30(48-34)18-43-21(3)37/h7-12,16,30-34H,13-15,17-18H2,1-6H3/t30-,31-,32+,33-,34+/m1/s1. The lowest BCUT2D eigenvalue weighted by Crippen LogP contribution is -2.63. The highest BCUT2D eigenvalue weighted by Gasteiger charge is 2.53. The van der Waals surface area contributed by atoms with Gasteiger partial charge >= 0.3 is 35.8 Å². The van der Waals surface area contributed by atoms with Gasteiger partial charge < -0.3 is 37.9 Å². The van der Waals surface area contributed by atoms with Crippen LogP contribution in [0.1, 0.15) is 63.8 Å². The lowest BCUT2D eigenvalue weighted by atomic mass is 9.97. The number of hydrogen-bond acceptors (Lipinski definition) is 14. The maximum Gasteiger partial charge on any atom is 0.303 e. The van der Waals surface area contributed by atoms with E-state index in [0.29, 0.717) is 24.0 Å². The van der Waals surface area contributed by atoms with Gasteiger partial charge in [-0.1, -0.05) is 36.4 Å². The predicted molar refractivity (Wildman–Crippen MR) is 164 cm³/mol. The van der Waals surface area contributed by atoms with Gasteiger partial charge in [-0.2, -0.15) is 0 Å². The van der Waals surface area contributed by atoms with Gasteiger partial charge in [0, 0.05) is 54.4 Å². The van der Waals surface area contributed by atoms with Gasteiger partial charge in [0.25, 0.3) is 0 Å². The predicted octanol–water partition coefficient (Wildman–Crippen LogP) is 2.91. The Hall–Kier alpha value is -4.98. The third-order valence-corrected chi connectivity index (χ3v) is 6.88. The Labute approximate surface area is 277 Å². The third kappa shape index (κ3) is 12.0. The number of ether oxygens (including phenoxy) is 8. The molecule has 1 aliphatic heterocycles. The Morgan fingerprint density at radius 2 is 1.15 bits per heavy atom. The molecule has 0 aromatic heterocycles. The molecule has 0 amide bonds. The van der Waals surface area contributed by atoms with Crippen LogP contribution in [-0.4, -0.2) is 79.7 Å². The summed E-state index contributed by atoms with van der Waals surface area (Å²) < 4.78 is 44.3. The van der Waals surface area contributed by atoms with E-state index in [1.807, 2.05) is 24.3 Å². The zero-order chi connectivity index (χ0) is 35.4. The molecule has 14 nitrogen and oxygen atoms in total. The van der Waals surface area contributed by atoms with Crippen LogP contribution in [0.15, 0.2) is 42.5 Å². The van der Waals surface area contributed by atoms with E-state index in [-0.39, 0.29) is 24.9 Å². The van der Waals surface area contributed by atoms with Gasteiger partial charge in [-0.25, -0.2) is 0 Å². The van der Waals surface area contributed by atoms with Crippen molar-refractivity contribution in [2.75, 3.05) is 13.2 Å². The van der Waals surface area contributed by atoms with Crippen molar-refractivity contribution in [1.82, 2.24) is 0 Å². The van der Waals surface area contributed by atoms with Crippen molar-refractivity contribution >= 4 is 35.8 Å². The molecule has 14 heteroatoms. The Bertz CT molecular complexity index is 1470. The largest absolute Gasteiger partial charge is 0.466 e. The normalized spacial score (nSPS) is 20.1. The monoisotopic (exact) mass is 672 g/mol. The fraction of sp³-hybridized carbons (Fsp3) is 0.471. The number of esters is 6. The molecule has 1 fully saturated rings. The van der Waals surface area contributed by atoms with Crippen molar-refractivity contribution < 1.29 is 66.7 Å². The van der Waals surface area contributed by atoms with Crippen LogP contribution in [0, 0.1) is 0 Å². The van der Waals surface area contributed by atoms with E-state index < -0.39 is 67.2 Å². The molecule has 1 saturated heterocycles. The third-order valence-electron chi connectivity index (χ3n) is 6.88. The van der Waals surface area contributed by atoms with E-state index in [9.17, 15) is 28.8 Å². The number of rotatable bonds is 14. The quantitative estimate of drug-likeness (QED) is 0.211. The van der Waals surface area contributed by atoms with Crippen LogP contribution in [-0.2, 0) is 81.4 Å². The molecule has 1 heterocycles. The first-order chi connectivity index (χ1) is 22.7. The topological polar surface area (TPSA) is 176 Å². The van der Waals surface area contributed by atoms with Crippen molar-refractivity contribution in [3.8, 4) is 5.75 Å². The van der Waals surface area contributed by atoms with Gasteiger partial charge in [-0.05, 0) is 28.3 Å². The minimum atomic E-state index is -1.46. The maximum atomic E-state index is 12.3. The first-order valence-electron chi connectivity index (χ1n) is 15.1. The Kier molecular flexibility index (Phi) is 13.9. The van der Waals surface area contributed by atoms with Crippen LogP contribution in [0.25, 0.3) is 0 Å². The molecule has 2 aromatic rings. The summed E-state index contributed by atoms with van der Waals surface area (Å²) in [6.07, 6.45) is -5.96. The van der Waals surface area contributed by atoms with E-state index in [4.69, 9.17) is 37.9 Å². The van der Waals surface area contributed by atoms with Gasteiger partial charge in [-0.15, -0.1) is 0 Å². The highest BCUT2D eigenvalue weighted by atomic mass is 16.7. The van der Waals surface area contributed by atoms with E-state index in [0.717, 1.165) is 31.9 Å². The molecule has 0 bridgehead atoms. The fourth-order valence-electron chi connectivity index (χ4n) is 4.89. The molecule has 2 aromatic carbocycles. The molecule has 0 saturated carbocycles. The summed E-state index contributed by atoms with van der Waals surface area (Å²) in [6, 6.07) is 12.8. The molecule has 0 N–H and O–H groups in total. The van der Waals surface area contributed by atoms with Crippen molar-refractivity contribution in [1.29, 1.82) is 0 Å². The molecular weight excluding hydrogens is 632 g/mol. The lowest BCUT2D eigenvalue weighted by molar-refractivity contribution is -0.288. The average molecular weight is 673 g/mol. The minimum Gasteiger partial charge on any atom is -0.466 e. The summed E-state index contributed by atoms with van der Waals surface area (Å²) in [5.41, 5.74) is 3.08. The second-order valence-electron chi connectivity index (χ2n) is 11.0. The Morgan fingerprint density at radius 1 is 0.604 bits per heavy atom. The number of carbonyl (C=O) groups is 6. The van der Waals surface area contributed by atoms with Crippen molar-refractivity contribution in [3.63, 3.8) is 0 Å². The van der Waals surface area contributed by atoms with Gasteiger partial charge in [0.05, 0.1) is 6.61 Å². The van der Waals surface area contributed by atoms with Crippen molar-refractivity contribution in [2.24, 2.45) is 0 Å². The number of hydrogen-bond donors (Lipinski definition) is 0. The smallest absolute Gasteiger partial charge is 0.303 e. The Balaban J connectivity index is 2.02. The molecule has 0 unspecified atom stereocenters. The van der Waals surface area contributed by atoms with E-state index >= 15 is 0 Å². The van der Waals surface area contributed by atoms with E-state index in [1.165, 1.54) is 20.8 Å². The van der Waals surface area contributed by atoms with Crippen molar-refractivity contribution in [3.05, 3.63) is 64.7 Å². The first-order valence-corrected chi connectivity index (χ1v) is 15.1. The summed E-state index contributed by atoms with van der Waals surface area (Å²) >= 11 is 0. The van der Waals surface area contributed by atoms with E-state index in [2.05, 4.69) is 0 Å². The van der Waals surface area contributed by atoms with Gasteiger partial charge in [0.2, 0.25) is 12.4 Å². The van der Waals surface area contributed by atoms with Crippen LogP contribution in [0.2, 0.25) is 0 Å². The second-order valence-corrected chi connectivity index (χ2v) is 11.0. The molecule has 0 spiro atoms. The van der Waals surface area contributed by atoms with Gasteiger partial charge in [-0.3, -0.25) is 28.8 Å². The second kappa shape index (κ2) is 17.8. The summed E-state index contributed by atoms with van der Waals surface area (Å²) in [4.78, 5) is 70.9. The van der Waals surface area contributed by atoms with Gasteiger partial charge in [0.15, 0.2) is 12.2 Å². The first kappa shape index (κ1) is 37.5. The SMILES string of the molecule is CC(=O)OCCc1ccc(Cc2ccc(COC(C)=O)cc2O[C@H]2O[C@H](COC(C)=O)[C@@H](OC(C)=O)[C@H](OC(C)=O)[C@H]2OC(C)=O)cc1. The van der Waals surface area contributed by atoms with Crippen LogP contribution in [0.4, 0.5) is 0 Å². The summed E-state index contributed by atoms with van der Waals surface area (Å²) in [5, 5.41) is 0.